The first-order valence-electron chi connectivity index (χ1n) is 14.7. The van der Waals surface area contributed by atoms with Crippen LogP contribution in [0.1, 0.15) is 80.1 Å². The third-order valence-electron chi connectivity index (χ3n) is 8.81. The highest BCUT2D eigenvalue weighted by atomic mass is 35.5. The van der Waals surface area contributed by atoms with Gasteiger partial charge in [-0.25, -0.2) is 0 Å². The fourth-order valence-corrected chi connectivity index (χ4v) is 6.77. The number of carbonyl (C=O) groups excluding carboxylic acids is 3. The number of hydrogen-bond acceptors (Lipinski definition) is 3. The van der Waals surface area contributed by atoms with Crippen molar-refractivity contribution in [1.82, 2.24) is 15.1 Å². The third kappa shape index (κ3) is 6.84. The Hall–Kier alpha value is -2.86. The maximum Gasteiger partial charge on any atom is 0.254 e. The van der Waals surface area contributed by atoms with E-state index in [0.717, 1.165) is 76.3 Å². The second kappa shape index (κ2) is 13.0. The number of nitrogens with one attached hydrogen (secondary N) is 1. The summed E-state index contributed by atoms with van der Waals surface area (Å²) in [6.45, 7) is 1.72. The van der Waals surface area contributed by atoms with Crippen molar-refractivity contribution in [2.75, 3.05) is 13.1 Å². The van der Waals surface area contributed by atoms with Gasteiger partial charge in [-0.1, -0.05) is 67.6 Å². The van der Waals surface area contributed by atoms with Crippen molar-refractivity contribution in [2.24, 2.45) is 11.8 Å². The second-order valence-corrected chi connectivity index (χ2v) is 11.9. The lowest BCUT2D eigenvalue weighted by Gasteiger charge is -2.41. The normalized spacial score (nSPS) is 23.8. The molecule has 2 unspecified atom stereocenters. The summed E-state index contributed by atoms with van der Waals surface area (Å²) in [5.41, 5.74) is 1.66. The Balaban J connectivity index is 1.31. The Labute approximate surface area is 237 Å². The van der Waals surface area contributed by atoms with Crippen LogP contribution < -0.4 is 5.32 Å². The molecular weight excluding hydrogens is 510 g/mol. The van der Waals surface area contributed by atoms with Gasteiger partial charge in [0.25, 0.3) is 5.91 Å². The number of rotatable bonds is 7. The van der Waals surface area contributed by atoms with Gasteiger partial charge in [0.2, 0.25) is 11.8 Å². The lowest BCUT2D eigenvalue weighted by atomic mass is 9.87. The van der Waals surface area contributed by atoms with Gasteiger partial charge >= 0.3 is 0 Å². The highest BCUT2D eigenvalue weighted by Gasteiger charge is 2.37. The van der Waals surface area contributed by atoms with E-state index in [-0.39, 0.29) is 41.6 Å². The molecule has 2 aromatic rings. The third-order valence-corrected chi connectivity index (χ3v) is 9.07. The minimum Gasteiger partial charge on any atom is -0.351 e. The number of halogens is 1. The van der Waals surface area contributed by atoms with Crippen LogP contribution in [-0.4, -0.2) is 52.7 Å². The molecule has 1 heterocycles. The van der Waals surface area contributed by atoms with E-state index in [4.69, 9.17) is 11.6 Å². The highest BCUT2D eigenvalue weighted by molar-refractivity contribution is 6.30. The molecule has 208 valence electrons. The van der Waals surface area contributed by atoms with Crippen LogP contribution in [0.25, 0.3) is 0 Å². The van der Waals surface area contributed by atoms with Gasteiger partial charge in [0.1, 0.15) is 0 Å². The zero-order valence-electron chi connectivity index (χ0n) is 22.7. The molecule has 3 amide bonds. The van der Waals surface area contributed by atoms with Crippen molar-refractivity contribution in [2.45, 2.75) is 82.8 Å². The SMILES string of the molecule is O=C(NC1CCCC[C@H]1N(Cc1ccc(Cl)cc1)C(=O)c1ccccc1)C1CCCN(C(=O)C2CCCC2)C1. The van der Waals surface area contributed by atoms with Crippen LogP contribution >= 0.6 is 11.6 Å². The maximum atomic E-state index is 13.8. The van der Waals surface area contributed by atoms with E-state index in [1.807, 2.05) is 64.4 Å². The van der Waals surface area contributed by atoms with Gasteiger partial charge in [-0.3, -0.25) is 14.4 Å². The summed E-state index contributed by atoms with van der Waals surface area (Å²) in [6.07, 6.45) is 9.60. The smallest absolute Gasteiger partial charge is 0.254 e. The molecule has 3 aliphatic rings. The number of benzene rings is 2. The van der Waals surface area contributed by atoms with Crippen LogP contribution in [0, 0.1) is 11.8 Å². The van der Waals surface area contributed by atoms with Crippen LogP contribution in [0.5, 0.6) is 0 Å². The fourth-order valence-electron chi connectivity index (χ4n) is 6.65. The molecular formula is C32H40ClN3O3. The number of amides is 3. The molecule has 6 nitrogen and oxygen atoms in total. The van der Waals surface area contributed by atoms with Gasteiger partial charge in [0, 0.05) is 42.2 Å². The van der Waals surface area contributed by atoms with E-state index in [1.54, 1.807) is 0 Å². The van der Waals surface area contributed by atoms with Crippen molar-refractivity contribution in [3.8, 4) is 0 Å². The summed E-state index contributed by atoms with van der Waals surface area (Å²) in [4.78, 5) is 44.4. The first-order valence-corrected chi connectivity index (χ1v) is 15.1. The van der Waals surface area contributed by atoms with E-state index in [9.17, 15) is 14.4 Å². The molecule has 7 heteroatoms. The van der Waals surface area contributed by atoms with Gasteiger partial charge < -0.3 is 15.1 Å². The van der Waals surface area contributed by atoms with E-state index in [2.05, 4.69) is 5.32 Å². The molecule has 3 fully saturated rings. The Kier molecular flexibility index (Phi) is 9.23. The first kappa shape index (κ1) is 27.7. The molecule has 0 radical (unpaired) electrons. The van der Waals surface area contributed by atoms with Crippen molar-refractivity contribution < 1.29 is 14.4 Å². The number of hydrogen-bond donors (Lipinski definition) is 1. The van der Waals surface area contributed by atoms with Gasteiger partial charge in [-0.2, -0.15) is 0 Å². The molecule has 1 saturated heterocycles. The van der Waals surface area contributed by atoms with Crippen LogP contribution in [0.2, 0.25) is 5.02 Å². The predicted octanol–water partition coefficient (Wildman–Crippen LogP) is 5.84. The summed E-state index contributed by atoms with van der Waals surface area (Å²) in [5.74, 6) is 0.182. The van der Waals surface area contributed by atoms with Gasteiger partial charge in [0.15, 0.2) is 0 Å². The van der Waals surface area contributed by atoms with Crippen molar-refractivity contribution in [1.29, 1.82) is 0 Å². The van der Waals surface area contributed by atoms with E-state index < -0.39 is 0 Å². The summed E-state index contributed by atoms with van der Waals surface area (Å²) in [7, 11) is 0. The van der Waals surface area contributed by atoms with Crippen molar-refractivity contribution in [3.63, 3.8) is 0 Å². The molecule has 5 rings (SSSR count). The standard InChI is InChI=1S/C32H40ClN3O3/c33-27-18-16-23(17-19-27)21-36(32(39)25-9-2-1-3-10-25)29-15-7-6-14-28(29)34-30(37)26-13-8-20-35(22-26)31(38)24-11-4-5-12-24/h1-3,9-10,16-19,24,26,28-29H,4-8,11-15,20-22H2,(H,34,37)/t26?,28?,29-/m1/s1. The molecule has 39 heavy (non-hydrogen) atoms. The highest BCUT2D eigenvalue weighted by Crippen LogP contribution is 2.30. The lowest BCUT2D eigenvalue weighted by Crippen LogP contribution is -2.57. The zero-order chi connectivity index (χ0) is 27.2. The largest absolute Gasteiger partial charge is 0.351 e. The summed E-state index contributed by atoms with van der Waals surface area (Å²) in [6, 6.07) is 16.8. The Morgan fingerprint density at radius 2 is 1.49 bits per heavy atom. The van der Waals surface area contributed by atoms with Gasteiger partial charge in [-0.15, -0.1) is 0 Å². The summed E-state index contributed by atoms with van der Waals surface area (Å²) < 4.78 is 0. The van der Waals surface area contributed by atoms with Gasteiger partial charge in [0.05, 0.1) is 12.0 Å². The van der Waals surface area contributed by atoms with Crippen molar-refractivity contribution in [3.05, 3.63) is 70.7 Å². The number of nitrogens with zero attached hydrogens (tertiary/aromatic N) is 2. The minimum absolute atomic E-state index is 0.0226. The molecule has 3 atom stereocenters. The minimum atomic E-state index is -0.193. The van der Waals surface area contributed by atoms with Crippen LogP contribution in [0.3, 0.4) is 0 Å². The Morgan fingerprint density at radius 1 is 0.821 bits per heavy atom. The van der Waals surface area contributed by atoms with Crippen molar-refractivity contribution >= 4 is 29.3 Å². The average molecular weight is 550 g/mol. The quantitative estimate of drug-likeness (QED) is 0.472. The molecule has 2 saturated carbocycles. The molecule has 0 bridgehead atoms. The lowest BCUT2D eigenvalue weighted by molar-refractivity contribution is -0.139. The molecule has 0 aromatic heterocycles. The molecule has 1 aliphatic heterocycles. The predicted molar refractivity (Wildman–Crippen MR) is 153 cm³/mol. The molecule has 2 aromatic carbocycles. The van der Waals surface area contributed by atoms with Crippen LogP contribution in [0.4, 0.5) is 0 Å². The van der Waals surface area contributed by atoms with Gasteiger partial charge in [-0.05, 0) is 68.4 Å². The number of piperidine rings is 1. The molecule has 0 spiro atoms. The number of carbonyl (C=O) groups is 3. The average Bonchev–Trinajstić information content (AvgIpc) is 3.52. The molecule has 1 N–H and O–H groups in total. The van der Waals surface area contributed by atoms with E-state index in [1.165, 1.54) is 0 Å². The summed E-state index contributed by atoms with van der Waals surface area (Å²) in [5, 5.41) is 4.02. The number of likely N-dealkylation sites (tertiary alicyclic amines) is 1. The summed E-state index contributed by atoms with van der Waals surface area (Å²) >= 11 is 6.12. The topological polar surface area (TPSA) is 69.7 Å². The van der Waals surface area contributed by atoms with E-state index in [0.29, 0.717) is 23.7 Å². The molecule has 2 aliphatic carbocycles. The van der Waals surface area contributed by atoms with Crippen LogP contribution in [0.15, 0.2) is 54.6 Å². The Morgan fingerprint density at radius 3 is 2.23 bits per heavy atom. The van der Waals surface area contributed by atoms with Crippen LogP contribution in [-0.2, 0) is 16.1 Å². The fraction of sp³-hybridized carbons (Fsp3) is 0.531. The maximum absolute atomic E-state index is 13.8. The first-order chi connectivity index (χ1) is 19.0. The second-order valence-electron chi connectivity index (χ2n) is 11.5. The zero-order valence-corrected chi connectivity index (χ0v) is 23.5. The van der Waals surface area contributed by atoms with E-state index >= 15 is 0 Å². The monoisotopic (exact) mass is 549 g/mol. The Bertz CT molecular complexity index is 1130.